The Kier molecular flexibility index (Phi) is 4.04. The van der Waals surface area contributed by atoms with Gasteiger partial charge in [-0.05, 0) is 12.1 Å². The summed E-state index contributed by atoms with van der Waals surface area (Å²) in [5, 5.41) is -1.17. The molecule has 16 heavy (non-hydrogen) atoms. The summed E-state index contributed by atoms with van der Waals surface area (Å²) < 4.78 is 41.1. The van der Waals surface area contributed by atoms with Gasteiger partial charge in [-0.1, -0.05) is 23.2 Å². The molecule has 1 rings (SSSR count). The maximum absolute atomic E-state index is 12.1. The van der Waals surface area contributed by atoms with Gasteiger partial charge in [0.2, 0.25) is 5.17 Å². The lowest BCUT2D eigenvalue weighted by molar-refractivity contribution is -0.0558. The fourth-order valence-electron chi connectivity index (χ4n) is 0.895. The summed E-state index contributed by atoms with van der Waals surface area (Å²) in [6, 6.07) is 3.94. The summed E-state index contributed by atoms with van der Waals surface area (Å²) in [7, 11) is 1.35. The van der Waals surface area contributed by atoms with E-state index in [-0.39, 0.29) is 16.5 Å². The number of hydrogen-bond acceptors (Lipinski definition) is 2. The SMILES string of the molecule is COc1cc(N=C(Cl)C(F)(F)F)ccc1Cl. The zero-order valence-corrected chi connectivity index (χ0v) is 9.49. The van der Waals surface area contributed by atoms with E-state index in [1.165, 1.54) is 25.3 Å². The van der Waals surface area contributed by atoms with Crippen LogP contribution in [0.2, 0.25) is 5.02 Å². The number of alkyl halides is 3. The highest BCUT2D eigenvalue weighted by Crippen LogP contribution is 2.30. The quantitative estimate of drug-likeness (QED) is 0.740. The topological polar surface area (TPSA) is 21.6 Å². The lowest BCUT2D eigenvalue weighted by Gasteiger charge is -2.05. The van der Waals surface area contributed by atoms with Crippen molar-refractivity contribution < 1.29 is 17.9 Å². The van der Waals surface area contributed by atoms with E-state index in [0.717, 1.165) is 0 Å². The third kappa shape index (κ3) is 3.28. The molecule has 0 aromatic heterocycles. The minimum atomic E-state index is -4.66. The van der Waals surface area contributed by atoms with Gasteiger partial charge in [0.1, 0.15) is 5.75 Å². The van der Waals surface area contributed by atoms with Crippen molar-refractivity contribution in [1.29, 1.82) is 0 Å². The number of benzene rings is 1. The summed E-state index contributed by atoms with van der Waals surface area (Å²) in [6.07, 6.45) is -4.66. The second kappa shape index (κ2) is 4.93. The first-order chi connectivity index (χ1) is 7.34. The van der Waals surface area contributed by atoms with E-state index >= 15 is 0 Å². The monoisotopic (exact) mass is 271 g/mol. The molecule has 0 aliphatic rings. The highest BCUT2D eigenvalue weighted by Gasteiger charge is 2.34. The van der Waals surface area contributed by atoms with Crippen LogP contribution in [0.25, 0.3) is 0 Å². The van der Waals surface area contributed by atoms with Gasteiger partial charge >= 0.3 is 6.18 Å². The molecular formula is C9H6Cl2F3NO. The first-order valence-electron chi connectivity index (χ1n) is 3.99. The highest BCUT2D eigenvalue weighted by molar-refractivity contribution is 6.67. The minimum absolute atomic E-state index is 0.0172. The molecule has 2 nitrogen and oxygen atoms in total. The van der Waals surface area contributed by atoms with Crippen LogP contribution in [0.3, 0.4) is 0 Å². The van der Waals surface area contributed by atoms with E-state index in [1.807, 2.05) is 0 Å². The highest BCUT2D eigenvalue weighted by atomic mass is 35.5. The van der Waals surface area contributed by atoms with E-state index in [0.29, 0.717) is 0 Å². The van der Waals surface area contributed by atoms with Gasteiger partial charge in [-0.15, -0.1) is 0 Å². The van der Waals surface area contributed by atoms with Crippen molar-refractivity contribution in [2.75, 3.05) is 7.11 Å². The second-order valence-corrected chi connectivity index (χ2v) is 3.48. The first-order valence-corrected chi connectivity index (χ1v) is 4.75. The summed E-state index contributed by atoms with van der Waals surface area (Å²) in [5.41, 5.74) is 0.0172. The third-order valence-corrected chi connectivity index (χ3v) is 2.21. The molecule has 0 N–H and O–H groups in total. The number of halogens is 5. The van der Waals surface area contributed by atoms with Crippen molar-refractivity contribution >= 4 is 34.1 Å². The van der Waals surface area contributed by atoms with E-state index in [9.17, 15) is 13.2 Å². The molecular weight excluding hydrogens is 266 g/mol. The van der Waals surface area contributed by atoms with Crippen molar-refractivity contribution in [3.05, 3.63) is 23.2 Å². The van der Waals surface area contributed by atoms with Gasteiger partial charge in [-0.2, -0.15) is 13.2 Å². The average Bonchev–Trinajstić information content (AvgIpc) is 2.19. The average molecular weight is 272 g/mol. The van der Waals surface area contributed by atoms with E-state index < -0.39 is 11.3 Å². The summed E-state index contributed by atoms with van der Waals surface area (Å²) in [5.74, 6) is 0.231. The second-order valence-electron chi connectivity index (χ2n) is 2.72. The molecule has 0 spiro atoms. The molecule has 0 fully saturated rings. The summed E-state index contributed by atoms with van der Waals surface area (Å²) in [4.78, 5) is 3.20. The summed E-state index contributed by atoms with van der Waals surface area (Å²) in [6.45, 7) is 0. The van der Waals surface area contributed by atoms with E-state index in [1.54, 1.807) is 0 Å². The van der Waals surface area contributed by atoms with Gasteiger partial charge in [0.05, 0.1) is 17.8 Å². The van der Waals surface area contributed by atoms with Gasteiger partial charge in [-0.25, -0.2) is 4.99 Å². The molecule has 0 amide bonds. The molecule has 0 unspecified atom stereocenters. The molecule has 1 aromatic carbocycles. The van der Waals surface area contributed by atoms with Gasteiger partial charge < -0.3 is 4.74 Å². The molecule has 0 saturated heterocycles. The van der Waals surface area contributed by atoms with Crippen molar-refractivity contribution in [3.63, 3.8) is 0 Å². The molecule has 0 radical (unpaired) electrons. The fraction of sp³-hybridized carbons (Fsp3) is 0.222. The molecule has 88 valence electrons. The number of ether oxygens (including phenoxy) is 1. The Balaban J connectivity index is 3.07. The molecule has 0 heterocycles. The Hall–Kier alpha value is -0.940. The Bertz CT molecular complexity index is 418. The minimum Gasteiger partial charge on any atom is -0.495 e. The van der Waals surface area contributed by atoms with Gasteiger partial charge in [0.15, 0.2) is 0 Å². The Morgan fingerprint density at radius 3 is 2.50 bits per heavy atom. The van der Waals surface area contributed by atoms with Gasteiger partial charge in [-0.3, -0.25) is 0 Å². The molecule has 0 bridgehead atoms. The van der Waals surface area contributed by atoms with E-state index in [2.05, 4.69) is 4.99 Å². The molecule has 7 heteroatoms. The number of rotatable bonds is 2. The maximum atomic E-state index is 12.1. The van der Waals surface area contributed by atoms with Crippen LogP contribution in [0.1, 0.15) is 0 Å². The number of hydrogen-bond donors (Lipinski definition) is 0. The smallest absolute Gasteiger partial charge is 0.444 e. The molecule has 1 aromatic rings. The van der Waals surface area contributed by atoms with E-state index in [4.69, 9.17) is 27.9 Å². The summed E-state index contributed by atoms with van der Waals surface area (Å²) >= 11 is 10.7. The number of methoxy groups -OCH3 is 1. The van der Waals surface area contributed by atoms with Crippen LogP contribution in [0.4, 0.5) is 18.9 Å². The van der Waals surface area contributed by atoms with Crippen LogP contribution in [0.15, 0.2) is 23.2 Å². The van der Waals surface area contributed by atoms with Crippen molar-refractivity contribution in [3.8, 4) is 5.75 Å². The first kappa shape index (κ1) is 13.1. The molecule has 0 atom stereocenters. The van der Waals surface area contributed by atoms with Crippen molar-refractivity contribution in [2.45, 2.75) is 6.18 Å². The van der Waals surface area contributed by atoms with Crippen LogP contribution in [0, 0.1) is 0 Å². The third-order valence-electron chi connectivity index (χ3n) is 1.60. The Labute approximate surface area is 99.6 Å². The van der Waals surface area contributed by atoms with Crippen molar-refractivity contribution in [2.24, 2.45) is 4.99 Å². The lowest BCUT2D eigenvalue weighted by atomic mass is 10.3. The zero-order chi connectivity index (χ0) is 12.3. The van der Waals surface area contributed by atoms with Crippen LogP contribution >= 0.6 is 23.2 Å². The van der Waals surface area contributed by atoms with Crippen LogP contribution in [-0.4, -0.2) is 18.5 Å². The van der Waals surface area contributed by atoms with Crippen molar-refractivity contribution in [1.82, 2.24) is 0 Å². The predicted molar refractivity (Wildman–Crippen MR) is 57.0 cm³/mol. The molecule has 0 saturated carbocycles. The van der Waals surface area contributed by atoms with Gasteiger partial charge in [0, 0.05) is 6.07 Å². The predicted octanol–water partition coefficient (Wildman–Crippen LogP) is 4.18. The molecule has 0 aliphatic carbocycles. The van der Waals surface area contributed by atoms with Crippen LogP contribution in [-0.2, 0) is 0 Å². The molecule has 0 aliphatic heterocycles. The lowest BCUT2D eigenvalue weighted by Crippen LogP contribution is -2.16. The fourth-order valence-corrected chi connectivity index (χ4v) is 1.19. The Morgan fingerprint density at radius 2 is 2.00 bits per heavy atom. The maximum Gasteiger partial charge on any atom is 0.444 e. The van der Waals surface area contributed by atoms with Crippen LogP contribution in [0.5, 0.6) is 5.75 Å². The zero-order valence-electron chi connectivity index (χ0n) is 7.98. The largest absolute Gasteiger partial charge is 0.495 e. The normalized spacial score (nSPS) is 12.8. The van der Waals surface area contributed by atoms with Crippen LogP contribution < -0.4 is 4.74 Å². The van der Waals surface area contributed by atoms with Gasteiger partial charge in [0.25, 0.3) is 0 Å². The standard InChI is InChI=1S/C9H6Cl2F3NO/c1-16-7-4-5(2-3-6(7)10)15-8(11)9(12,13)14/h2-4H,1H3. The Morgan fingerprint density at radius 1 is 1.38 bits per heavy atom. The number of nitrogens with zero attached hydrogens (tertiary/aromatic N) is 1. The number of aliphatic imine (C=N–C) groups is 1.